The zero-order valence-corrected chi connectivity index (χ0v) is 6.78. The summed E-state index contributed by atoms with van der Waals surface area (Å²) in [5, 5.41) is 8.61. The molecular formula is C8H11NO3. The standard InChI is InChI=1S/C8H11NO3/c1-2-6-5(3-4-12-6)7(9)8(10)11/h3-4,7H,2,9H2,1H3,(H,10,11)/t7-/m0/s1. The largest absolute Gasteiger partial charge is 0.480 e. The zero-order chi connectivity index (χ0) is 9.14. The van der Waals surface area contributed by atoms with Gasteiger partial charge in [-0.25, -0.2) is 0 Å². The van der Waals surface area contributed by atoms with Gasteiger partial charge >= 0.3 is 5.97 Å². The van der Waals surface area contributed by atoms with E-state index in [0.717, 1.165) is 0 Å². The van der Waals surface area contributed by atoms with Crippen LogP contribution < -0.4 is 5.73 Å². The van der Waals surface area contributed by atoms with Gasteiger partial charge in [-0.05, 0) is 6.07 Å². The molecule has 0 aliphatic rings. The molecule has 0 saturated heterocycles. The third kappa shape index (κ3) is 1.48. The molecule has 0 aliphatic heterocycles. The van der Waals surface area contributed by atoms with Crippen molar-refractivity contribution in [3.05, 3.63) is 23.7 Å². The Morgan fingerprint density at radius 2 is 2.50 bits per heavy atom. The van der Waals surface area contributed by atoms with Crippen molar-refractivity contribution in [2.24, 2.45) is 5.73 Å². The molecule has 1 rings (SSSR count). The number of carboxylic acid groups (broad SMARTS) is 1. The van der Waals surface area contributed by atoms with Crippen LogP contribution in [0.1, 0.15) is 24.3 Å². The molecule has 3 N–H and O–H groups in total. The molecule has 1 aromatic rings. The number of aliphatic carboxylic acids is 1. The molecule has 0 aromatic carbocycles. The van der Waals surface area contributed by atoms with E-state index < -0.39 is 12.0 Å². The van der Waals surface area contributed by atoms with E-state index in [0.29, 0.717) is 17.7 Å². The van der Waals surface area contributed by atoms with Crippen LogP contribution in [-0.2, 0) is 11.2 Å². The molecule has 0 aliphatic carbocycles. The maximum absolute atomic E-state index is 10.5. The van der Waals surface area contributed by atoms with Gasteiger partial charge < -0.3 is 15.3 Å². The van der Waals surface area contributed by atoms with E-state index >= 15 is 0 Å². The summed E-state index contributed by atoms with van der Waals surface area (Å²) in [6, 6.07) is 0.621. The molecule has 4 heteroatoms. The fourth-order valence-corrected chi connectivity index (χ4v) is 1.05. The Balaban J connectivity index is 2.93. The lowest BCUT2D eigenvalue weighted by molar-refractivity contribution is -0.138. The number of aryl methyl sites for hydroxylation is 1. The molecule has 0 amide bonds. The summed E-state index contributed by atoms with van der Waals surface area (Å²) in [6.07, 6.45) is 2.11. The maximum Gasteiger partial charge on any atom is 0.325 e. The van der Waals surface area contributed by atoms with Crippen molar-refractivity contribution in [2.45, 2.75) is 19.4 Å². The van der Waals surface area contributed by atoms with Gasteiger partial charge in [0.05, 0.1) is 6.26 Å². The van der Waals surface area contributed by atoms with Crippen LogP contribution in [0, 0.1) is 0 Å². The Labute approximate surface area is 70.0 Å². The number of hydrogen-bond donors (Lipinski definition) is 2. The predicted molar refractivity (Wildman–Crippen MR) is 42.7 cm³/mol. The summed E-state index contributed by atoms with van der Waals surface area (Å²) < 4.78 is 5.04. The van der Waals surface area contributed by atoms with Gasteiger partial charge in [0.1, 0.15) is 11.8 Å². The lowest BCUT2D eigenvalue weighted by Gasteiger charge is -2.04. The summed E-state index contributed by atoms with van der Waals surface area (Å²) >= 11 is 0. The smallest absolute Gasteiger partial charge is 0.325 e. The van der Waals surface area contributed by atoms with Crippen molar-refractivity contribution >= 4 is 5.97 Å². The molecule has 4 nitrogen and oxygen atoms in total. The summed E-state index contributed by atoms with van der Waals surface area (Å²) in [4.78, 5) is 10.5. The Morgan fingerprint density at radius 1 is 1.83 bits per heavy atom. The number of nitrogens with two attached hydrogens (primary N) is 1. The second kappa shape index (κ2) is 3.40. The van der Waals surface area contributed by atoms with Crippen molar-refractivity contribution in [3.63, 3.8) is 0 Å². The normalized spacial score (nSPS) is 12.8. The van der Waals surface area contributed by atoms with Gasteiger partial charge in [-0.2, -0.15) is 0 Å². The molecule has 12 heavy (non-hydrogen) atoms. The fraction of sp³-hybridized carbons (Fsp3) is 0.375. The Bertz CT molecular complexity index is 280. The highest BCUT2D eigenvalue weighted by Gasteiger charge is 2.18. The zero-order valence-electron chi connectivity index (χ0n) is 6.78. The van der Waals surface area contributed by atoms with Crippen LogP contribution >= 0.6 is 0 Å². The van der Waals surface area contributed by atoms with Crippen LogP contribution in [0.3, 0.4) is 0 Å². The average Bonchev–Trinajstić information content (AvgIpc) is 2.49. The SMILES string of the molecule is CCc1occc1[C@H](N)C(=O)O. The highest BCUT2D eigenvalue weighted by Crippen LogP contribution is 2.17. The lowest BCUT2D eigenvalue weighted by Crippen LogP contribution is -2.21. The third-order valence-electron chi connectivity index (χ3n) is 1.70. The Hall–Kier alpha value is -1.29. The summed E-state index contributed by atoms with van der Waals surface area (Å²) in [7, 11) is 0. The van der Waals surface area contributed by atoms with E-state index in [1.54, 1.807) is 6.07 Å². The number of hydrogen-bond acceptors (Lipinski definition) is 3. The molecule has 66 valence electrons. The fourth-order valence-electron chi connectivity index (χ4n) is 1.05. The maximum atomic E-state index is 10.5. The molecule has 0 radical (unpaired) electrons. The van der Waals surface area contributed by atoms with Gasteiger partial charge in [0, 0.05) is 12.0 Å². The Kier molecular flexibility index (Phi) is 2.50. The van der Waals surface area contributed by atoms with Gasteiger partial charge in [-0.3, -0.25) is 4.79 Å². The number of rotatable bonds is 3. The topological polar surface area (TPSA) is 76.5 Å². The molecule has 1 heterocycles. The lowest BCUT2D eigenvalue weighted by atomic mass is 10.1. The van der Waals surface area contributed by atoms with E-state index in [4.69, 9.17) is 15.3 Å². The van der Waals surface area contributed by atoms with Crippen LogP contribution in [0.5, 0.6) is 0 Å². The number of carbonyl (C=O) groups is 1. The van der Waals surface area contributed by atoms with E-state index in [2.05, 4.69) is 0 Å². The van der Waals surface area contributed by atoms with Crippen molar-refractivity contribution in [1.82, 2.24) is 0 Å². The van der Waals surface area contributed by atoms with Crippen LogP contribution in [0.4, 0.5) is 0 Å². The average molecular weight is 169 g/mol. The molecule has 0 bridgehead atoms. The monoisotopic (exact) mass is 169 g/mol. The van der Waals surface area contributed by atoms with Crippen molar-refractivity contribution in [1.29, 1.82) is 0 Å². The van der Waals surface area contributed by atoms with Gasteiger partial charge in [0.15, 0.2) is 0 Å². The van der Waals surface area contributed by atoms with E-state index in [9.17, 15) is 4.79 Å². The first kappa shape index (κ1) is 8.80. The molecular weight excluding hydrogens is 158 g/mol. The van der Waals surface area contributed by atoms with E-state index in [1.807, 2.05) is 6.92 Å². The van der Waals surface area contributed by atoms with Gasteiger partial charge in [0.2, 0.25) is 0 Å². The quantitative estimate of drug-likeness (QED) is 0.705. The summed E-state index contributed by atoms with van der Waals surface area (Å²) in [5.41, 5.74) is 5.96. The van der Waals surface area contributed by atoms with Gasteiger partial charge in [-0.1, -0.05) is 6.92 Å². The van der Waals surface area contributed by atoms with E-state index in [-0.39, 0.29) is 0 Å². The third-order valence-corrected chi connectivity index (χ3v) is 1.70. The second-order valence-corrected chi connectivity index (χ2v) is 2.47. The minimum Gasteiger partial charge on any atom is -0.480 e. The molecule has 0 fully saturated rings. The van der Waals surface area contributed by atoms with Crippen LogP contribution in [0.25, 0.3) is 0 Å². The first-order valence-corrected chi connectivity index (χ1v) is 3.71. The highest BCUT2D eigenvalue weighted by molar-refractivity contribution is 5.75. The number of carboxylic acids is 1. The van der Waals surface area contributed by atoms with Crippen molar-refractivity contribution in [2.75, 3.05) is 0 Å². The predicted octanol–water partition coefficient (Wildman–Crippen LogP) is 0.926. The van der Waals surface area contributed by atoms with E-state index in [1.165, 1.54) is 6.26 Å². The highest BCUT2D eigenvalue weighted by atomic mass is 16.4. The Morgan fingerprint density at radius 3 is 3.00 bits per heavy atom. The van der Waals surface area contributed by atoms with Crippen LogP contribution in [0.2, 0.25) is 0 Å². The first-order valence-electron chi connectivity index (χ1n) is 3.71. The minimum atomic E-state index is -1.04. The van der Waals surface area contributed by atoms with Gasteiger partial charge in [-0.15, -0.1) is 0 Å². The van der Waals surface area contributed by atoms with Crippen LogP contribution in [0.15, 0.2) is 16.7 Å². The first-order chi connectivity index (χ1) is 5.66. The second-order valence-electron chi connectivity index (χ2n) is 2.47. The summed E-state index contributed by atoms with van der Waals surface area (Å²) in [6.45, 7) is 1.89. The van der Waals surface area contributed by atoms with Crippen LogP contribution in [-0.4, -0.2) is 11.1 Å². The number of furan rings is 1. The summed E-state index contributed by atoms with van der Waals surface area (Å²) in [5.74, 6) is -0.393. The molecule has 0 unspecified atom stereocenters. The van der Waals surface area contributed by atoms with Gasteiger partial charge in [0.25, 0.3) is 0 Å². The molecule has 1 atom stereocenters. The molecule has 1 aromatic heterocycles. The molecule has 0 spiro atoms. The minimum absolute atomic E-state index is 0.560. The molecule has 0 saturated carbocycles. The van der Waals surface area contributed by atoms with Crippen molar-refractivity contribution in [3.8, 4) is 0 Å². The van der Waals surface area contributed by atoms with Crippen molar-refractivity contribution < 1.29 is 14.3 Å².